The molecule has 0 radical (unpaired) electrons. The van der Waals surface area contributed by atoms with Crippen molar-refractivity contribution in [2.24, 2.45) is 7.05 Å². The van der Waals surface area contributed by atoms with Gasteiger partial charge in [0.25, 0.3) is 0 Å². The van der Waals surface area contributed by atoms with Crippen LogP contribution >= 0.6 is 11.3 Å². The van der Waals surface area contributed by atoms with Crippen molar-refractivity contribution in [1.82, 2.24) is 19.5 Å². The van der Waals surface area contributed by atoms with E-state index in [1.807, 2.05) is 30.8 Å². The Labute approximate surface area is 169 Å². The molecule has 1 unspecified atom stereocenters. The Balaban J connectivity index is 1.96. The number of imidazole rings is 1. The molecule has 7 nitrogen and oxygen atoms in total. The summed E-state index contributed by atoms with van der Waals surface area (Å²) in [6.45, 7) is 4.03. The van der Waals surface area contributed by atoms with Gasteiger partial charge in [0.1, 0.15) is 34.1 Å². The van der Waals surface area contributed by atoms with Gasteiger partial charge >= 0.3 is 0 Å². The molecule has 0 aromatic carbocycles. The van der Waals surface area contributed by atoms with Crippen molar-refractivity contribution < 1.29 is 8.97 Å². The van der Waals surface area contributed by atoms with Crippen LogP contribution in [0.2, 0.25) is 0 Å². The second kappa shape index (κ2) is 7.57. The summed E-state index contributed by atoms with van der Waals surface area (Å²) < 4.78 is 20.9. The Bertz CT molecular complexity index is 1120. The summed E-state index contributed by atoms with van der Waals surface area (Å²) in [7, 11) is 1.96. The molecule has 0 amide bonds. The van der Waals surface area contributed by atoms with Crippen LogP contribution in [0.1, 0.15) is 25.6 Å². The number of nitrogens with zero attached hydrogens (tertiary/aromatic N) is 4. The molecule has 1 atom stereocenters. The van der Waals surface area contributed by atoms with Gasteiger partial charge in [-0.25, -0.2) is 15.0 Å². The van der Waals surface area contributed by atoms with Gasteiger partial charge in [-0.1, -0.05) is 24.7 Å². The minimum Gasteiger partial charge on any atom is -0.611 e. The lowest BCUT2D eigenvalue weighted by molar-refractivity contribution is 0.572. The molecule has 4 heterocycles. The number of pyridine rings is 1. The predicted octanol–water partition coefficient (Wildman–Crippen LogP) is 4.15. The molecular weight excluding hydrogens is 394 g/mol. The summed E-state index contributed by atoms with van der Waals surface area (Å²) >= 11 is 0.236. The standard InChI is InChI=1S/C19H21N5O2S2/c1-4-5-8-28(25)19-16(20)15-12(14-10-22-11(2)24(14)3)9-13(23-18(15)27-19)17-21-6-7-26-17/h6-7,9-10H,4-5,8,20H2,1-3H3. The molecule has 0 saturated carbocycles. The molecule has 0 aliphatic heterocycles. The smallest absolute Gasteiger partial charge is 0.245 e. The van der Waals surface area contributed by atoms with Crippen LogP contribution in [0.4, 0.5) is 5.69 Å². The number of nitrogen functional groups attached to an aromatic ring is 1. The molecule has 0 saturated heterocycles. The first-order chi connectivity index (χ1) is 13.5. The van der Waals surface area contributed by atoms with E-state index < -0.39 is 11.2 Å². The summed E-state index contributed by atoms with van der Waals surface area (Å²) in [5.41, 5.74) is 9.42. The monoisotopic (exact) mass is 415 g/mol. The fourth-order valence-corrected chi connectivity index (χ4v) is 5.85. The van der Waals surface area contributed by atoms with E-state index in [1.165, 1.54) is 17.6 Å². The summed E-state index contributed by atoms with van der Waals surface area (Å²) in [5, 5.41) is 0.808. The van der Waals surface area contributed by atoms with Gasteiger partial charge in [0.15, 0.2) is 0 Å². The van der Waals surface area contributed by atoms with Gasteiger partial charge in [-0.05, 0) is 30.6 Å². The number of anilines is 1. The highest BCUT2D eigenvalue weighted by Crippen LogP contribution is 2.43. The molecule has 9 heteroatoms. The van der Waals surface area contributed by atoms with Crippen LogP contribution in [-0.2, 0) is 18.2 Å². The van der Waals surface area contributed by atoms with Crippen LogP contribution in [0.5, 0.6) is 0 Å². The molecule has 4 aromatic heterocycles. The van der Waals surface area contributed by atoms with Gasteiger partial charge in [0.2, 0.25) is 10.1 Å². The number of oxazole rings is 1. The van der Waals surface area contributed by atoms with Gasteiger partial charge in [0, 0.05) is 18.0 Å². The second-order valence-corrected chi connectivity index (χ2v) is 9.29. The minimum atomic E-state index is -1.14. The fraction of sp³-hybridized carbons (Fsp3) is 0.316. The van der Waals surface area contributed by atoms with Crippen molar-refractivity contribution in [3.8, 4) is 22.8 Å². The number of fused-ring (bicyclic) bond motifs is 1. The van der Waals surface area contributed by atoms with E-state index in [0.717, 1.165) is 40.1 Å². The molecule has 0 aliphatic carbocycles. The van der Waals surface area contributed by atoms with Crippen LogP contribution in [-0.4, -0.2) is 29.8 Å². The van der Waals surface area contributed by atoms with E-state index >= 15 is 0 Å². The zero-order chi connectivity index (χ0) is 19.8. The lowest BCUT2D eigenvalue weighted by Crippen LogP contribution is -2.07. The summed E-state index contributed by atoms with van der Waals surface area (Å²) in [6.07, 6.45) is 6.80. The van der Waals surface area contributed by atoms with Crippen molar-refractivity contribution in [3.05, 3.63) is 30.5 Å². The number of hydrogen-bond acceptors (Lipinski definition) is 7. The van der Waals surface area contributed by atoms with E-state index in [9.17, 15) is 4.55 Å². The maximum Gasteiger partial charge on any atom is 0.245 e. The Morgan fingerprint density at radius 3 is 2.82 bits per heavy atom. The van der Waals surface area contributed by atoms with Crippen LogP contribution in [0.25, 0.3) is 33.1 Å². The van der Waals surface area contributed by atoms with Crippen LogP contribution in [0, 0.1) is 6.92 Å². The Morgan fingerprint density at radius 2 is 2.18 bits per heavy atom. The molecule has 0 aliphatic rings. The molecule has 4 aromatic rings. The number of unbranched alkanes of at least 4 members (excludes halogenated alkanes) is 1. The minimum absolute atomic E-state index is 0.433. The highest BCUT2D eigenvalue weighted by Gasteiger charge is 2.26. The Morgan fingerprint density at radius 1 is 1.36 bits per heavy atom. The van der Waals surface area contributed by atoms with E-state index in [4.69, 9.17) is 15.1 Å². The van der Waals surface area contributed by atoms with Crippen molar-refractivity contribution in [2.75, 3.05) is 11.5 Å². The first kappa shape index (κ1) is 19.0. The zero-order valence-corrected chi connectivity index (χ0v) is 17.6. The molecule has 0 fully saturated rings. The number of rotatable bonds is 6. The van der Waals surface area contributed by atoms with Gasteiger partial charge < -0.3 is 19.3 Å². The van der Waals surface area contributed by atoms with Crippen molar-refractivity contribution in [3.63, 3.8) is 0 Å². The quantitative estimate of drug-likeness (QED) is 0.474. The van der Waals surface area contributed by atoms with Gasteiger partial charge in [-0.2, -0.15) is 0 Å². The van der Waals surface area contributed by atoms with Crippen molar-refractivity contribution in [1.29, 1.82) is 0 Å². The van der Waals surface area contributed by atoms with Gasteiger partial charge in [-0.3, -0.25) is 0 Å². The predicted molar refractivity (Wildman–Crippen MR) is 113 cm³/mol. The first-order valence-corrected chi connectivity index (χ1v) is 11.1. The van der Waals surface area contributed by atoms with Gasteiger partial charge in [-0.15, -0.1) is 0 Å². The molecule has 0 spiro atoms. The first-order valence-electron chi connectivity index (χ1n) is 9.01. The van der Waals surface area contributed by atoms with E-state index in [2.05, 4.69) is 16.9 Å². The Kier molecular flexibility index (Phi) is 5.13. The maximum absolute atomic E-state index is 12.8. The highest BCUT2D eigenvalue weighted by molar-refractivity contribution is 7.93. The third-order valence-electron chi connectivity index (χ3n) is 4.70. The van der Waals surface area contributed by atoms with Gasteiger partial charge in [0.05, 0.1) is 18.1 Å². The lowest BCUT2D eigenvalue weighted by atomic mass is 10.1. The zero-order valence-electron chi connectivity index (χ0n) is 15.9. The third kappa shape index (κ3) is 3.19. The summed E-state index contributed by atoms with van der Waals surface area (Å²) in [6, 6.07) is 1.91. The second-order valence-electron chi connectivity index (χ2n) is 6.53. The summed E-state index contributed by atoms with van der Waals surface area (Å²) in [5.74, 6) is 1.92. The molecule has 2 N–H and O–H groups in total. The highest BCUT2D eigenvalue weighted by atomic mass is 32.2. The normalized spacial score (nSPS) is 12.7. The average Bonchev–Trinajstić information content (AvgIpc) is 3.41. The van der Waals surface area contributed by atoms with Crippen LogP contribution in [0.15, 0.2) is 33.3 Å². The SMILES string of the molecule is CCCC[S+]([O-])c1sc2nc(-c3ncco3)cc(-c3cnc(C)n3C)c2c1N. The van der Waals surface area contributed by atoms with E-state index in [-0.39, 0.29) is 0 Å². The van der Waals surface area contributed by atoms with Crippen molar-refractivity contribution in [2.45, 2.75) is 30.9 Å². The molecule has 146 valence electrons. The van der Waals surface area contributed by atoms with Crippen molar-refractivity contribution >= 4 is 38.4 Å². The maximum atomic E-state index is 12.8. The molecular formula is C19H21N5O2S2. The molecule has 28 heavy (non-hydrogen) atoms. The number of thiophene rings is 1. The largest absolute Gasteiger partial charge is 0.611 e. The van der Waals surface area contributed by atoms with Crippen LogP contribution in [0.3, 0.4) is 0 Å². The van der Waals surface area contributed by atoms with Crippen LogP contribution < -0.4 is 5.73 Å². The molecule has 4 rings (SSSR count). The summed E-state index contributed by atoms with van der Waals surface area (Å²) in [4.78, 5) is 14.1. The number of hydrogen-bond donors (Lipinski definition) is 1. The molecule has 0 bridgehead atoms. The number of aryl methyl sites for hydroxylation is 1. The lowest BCUT2D eigenvalue weighted by Gasteiger charge is -2.09. The fourth-order valence-electron chi connectivity index (χ4n) is 3.05. The number of aromatic nitrogens is 4. The average molecular weight is 416 g/mol. The van der Waals surface area contributed by atoms with E-state index in [1.54, 1.807) is 6.20 Å². The third-order valence-corrected chi connectivity index (χ3v) is 7.70. The van der Waals surface area contributed by atoms with E-state index in [0.29, 0.717) is 27.2 Å². The Hall–Kier alpha value is -2.36. The number of nitrogens with two attached hydrogens (primary N) is 1. The topological polar surface area (TPSA) is 106 Å².